The number of pyridine rings is 1. The standard InChI is InChI=1S/C22H16AsBrClNO5/c24-13-6-8-15(9-7-13)30-21(27)18-17(12-4-2-1-3-5-12)20-22(28,23(18)29)19-16(31-20)10-14(25)11-26-19/h1-11,17-18,20,23,28H. The van der Waals surface area contributed by atoms with E-state index in [0.29, 0.717) is 16.5 Å². The van der Waals surface area contributed by atoms with Gasteiger partial charge in [0, 0.05) is 0 Å². The average Bonchev–Trinajstić information content (AvgIpc) is 3.17. The number of hydrogen-bond donors (Lipinski definition) is 1. The van der Waals surface area contributed by atoms with E-state index in [0.717, 1.165) is 10.0 Å². The van der Waals surface area contributed by atoms with Crippen LogP contribution in [0.15, 0.2) is 71.3 Å². The fourth-order valence-electron chi connectivity index (χ4n) is 4.30. The van der Waals surface area contributed by atoms with Crippen molar-refractivity contribution in [2.45, 2.75) is 21.1 Å². The second kappa shape index (κ2) is 7.82. The predicted molar refractivity (Wildman–Crippen MR) is 118 cm³/mol. The molecule has 1 N–H and O–H groups in total. The van der Waals surface area contributed by atoms with Crippen LogP contribution in [0, 0.1) is 0 Å². The summed E-state index contributed by atoms with van der Waals surface area (Å²) in [6.45, 7) is 0. The minimum absolute atomic E-state index is 0.173. The molecule has 0 spiro atoms. The van der Waals surface area contributed by atoms with Crippen LogP contribution in [0.25, 0.3) is 0 Å². The van der Waals surface area contributed by atoms with E-state index < -0.39 is 41.7 Å². The van der Waals surface area contributed by atoms with Crippen molar-refractivity contribution in [2.75, 3.05) is 0 Å². The molecule has 2 aliphatic heterocycles. The summed E-state index contributed by atoms with van der Waals surface area (Å²) in [7, 11) is 0. The molecule has 5 unspecified atom stereocenters. The molecule has 5 rings (SSSR count). The third kappa shape index (κ3) is 3.35. The van der Waals surface area contributed by atoms with Crippen molar-refractivity contribution < 1.29 is 23.1 Å². The monoisotopic (exact) mass is 563 g/mol. The number of halogens is 2. The molecule has 158 valence electrons. The number of aliphatic hydroxyl groups is 1. The van der Waals surface area contributed by atoms with Crippen LogP contribution in [0.1, 0.15) is 17.2 Å². The van der Waals surface area contributed by atoms with Gasteiger partial charge < -0.3 is 0 Å². The second-order valence-electron chi connectivity index (χ2n) is 7.46. The van der Waals surface area contributed by atoms with Crippen molar-refractivity contribution >= 4 is 48.1 Å². The quantitative estimate of drug-likeness (QED) is 0.295. The van der Waals surface area contributed by atoms with E-state index in [9.17, 15) is 13.6 Å². The van der Waals surface area contributed by atoms with Gasteiger partial charge in [0.15, 0.2) is 0 Å². The van der Waals surface area contributed by atoms with E-state index in [1.165, 1.54) is 6.20 Å². The van der Waals surface area contributed by atoms with Gasteiger partial charge in [0.25, 0.3) is 0 Å². The van der Waals surface area contributed by atoms with Crippen LogP contribution in [0.2, 0.25) is 9.73 Å². The summed E-state index contributed by atoms with van der Waals surface area (Å²) in [5, 5.41) is 12.0. The SMILES string of the molecule is O=C(Oc1ccc(Br)cc1)C1C(c2ccccc2)C2Oc3cc(Cl)cnc3C2(O)[AsH]1=O. The summed E-state index contributed by atoms with van der Waals surface area (Å²) < 4.78 is 23.3. The Morgan fingerprint density at radius 2 is 1.90 bits per heavy atom. The molecular weight excluding hydrogens is 549 g/mol. The normalized spacial score (nSPS) is 28.5. The molecule has 0 radical (unpaired) electrons. The Hall–Kier alpha value is -2.05. The summed E-state index contributed by atoms with van der Waals surface area (Å²) in [6.07, 6.45) is 0.451. The van der Waals surface area contributed by atoms with Gasteiger partial charge in [-0.05, 0) is 0 Å². The number of hydrogen-bond acceptors (Lipinski definition) is 6. The number of carbonyl (C=O) groups is 1. The number of esters is 1. The predicted octanol–water partition coefficient (Wildman–Crippen LogP) is 3.91. The van der Waals surface area contributed by atoms with Crippen molar-refractivity contribution in [3.05, 3.63) is 87.6 Å². The molecule has 1 saturated heterocycles. The molecule has 0 bridgehead atoms. The number of aromatic nitrogens is 1. The Kier molecular flexibility index (Phi) is 5.25. The van der Waals surface area contributed by atoms with Gasteiger partial charge in [0.05, 0.1) is 0 Å². The Labute approximate surface area is 195 Å². The fourth-order valence-corrected chi connectivity index (χ4v) is 9.70. The number of benzene rings is 2. The van der Waals surface area contributed by atoms with Gasteiger partial charge in [-0.3, -0.25) is 0 Å². The van der Waals surface area contributed by atoms with Crippen molar-refractivity contribution in [3.8, 4) is 11.5 Å². The minimum atomic E-state index is -3.84. The Bertz CT molecular complexity index is 1190. The summed E-state index contributed by atoms with van der Waals surface area (Å²) in [4.78, 5) is 17.4. The van der Waals surface area contributed by atoms with Crippen LogP contribution < -0.4 is 9.47 Å². The number of rotatable bonds is 3. The molecule has 31 heavy (non-hydrogen) atoms. The zero-order valence-electron chi connectivity index (χ0n) is 15.9. The fraction of sp³-hybridized carbons (Fsp3) is 0.182. The molecule has 2 aliphatic rings. The Morgan fingerprint density at radius 3 is 2.61 bits per heavy atom. The molecule has 1 fully saturated rings. The maximum atomic E-state index is 13.8. The van der Waals surface area contributed by atoms with E-state index in [-0.39, 0.29) is 5.69 Å². The topological polar surface area (TPSA) is 85.7 Å². The van der Waals surface area contributed by atoms with E-state index in [1.807, 2.05) is 30.3 Å². The maximum absolute atomic E-state index is 13.8. The van der Waals surface area contributed by atoms with Gasteiger partial charge in [-0.1, -0.05) is 0 Å². The molecule has 1 aromatic heterocycles. The molecule has 3 aromatic rings. The first-order chi connectivity index (χ1) is 14.9. The molecule has 6 nitrogen and oxygen atoms in total. The van der Waals surface area contributed by atoms with Crippen LogP contribution >= 0.6 is 27.5 Å². The Balaban J connectivity index is 1.58. The van der Waals surface area contributed by atoms with Crippen molar-refractivity contribution in [1.82, 2.24) is 4.98 Å². The molecular formula is C22H16AsBrClNO5. The number of carbonyl (C=O) groups excluding carboxylic acids is 1. The number of ether oxygens (including phenoxy) is 2. The summed E-state index contributed by atoms with van der Waals surface area (Å²) in [5.41, 5.74) is 0.910. The van der Waals surface area contributed by atoms with Gasteiger partial charge in [0.2, 0.25) is 0 Å². The zero-order chi connectivity index (χ0) is 21.8. The van der Waals surface area contributed by atoms with Crippen molar-refractivity contribution in [2.24, 2.45) is 0 Å². The third-order valence-corrected chi connectivity index (χ3v) is 11.5. The summed E-state index contributed by atoms with van der Waals surface area (Å²) >= 11 is 5.53. The summed E-state index contributed by atoms with van der Waals surface area (Å²) in [6, 6.07) is 17.5. The van der Waals surface area contributed by atoms with Gasteiger partial charge in [0.1, 0.15) is 0 Å². The van der Waals surface area contributed by atoms with Crippen LogP contribution in [0.5, 0.6) is 11.5 Å². The van der Waals surface area contributed by atoms with E-state index in [2.05, 4.69) is 20.9 Å². The van der Waals surface area contributed by atoms with Gasteiger partial charge in [-0.15, -0.1) is 0 Å². The van der Waals surface area contributed by atoms with E-state index >= 15 is 0 Å². The van der Waals surface area contributed by atoms with Crippen LogP contribution in [0.3, 0.4) is 0 Å². The van der Waals surface area contributed by atoms with Gasteiger partial charge >= 0.3 is 196 Å². The second-order valence-corrected chi connectivity index (χ2v) is 13.2. The summed E-state index contributed by atoms with van der Waals surface area (Å²) in [5.74, 6) is -0.680. The van der Waals surface area contributed by atoms with Crippen molar-refractivity contribution in [1.29, 1.82) is 0 Å². The van der Waals surface area contributed by atoms with Crippen LogP contribution in [-0.4, -0.2) is 36.8 Å². The molecule has 9 heteroatoms. The van der Waals surface area contributed by atoms with Gasteiger partial charge in [-0.25, -0.2) is 0 Å². The number of fused-ring (bicyclic) bond motifs is 3. The molecule has 2 aromatic carbocycles. The Morgan fingerprint density at radius 1 is 1.19 bits per heavy atom. The first-order valence-corrected chi connectivity index (χ1v) is 13.8. The molecule has 0 aliphatic carbocycles. The molecule has 5 atom stereocenters. The van der Waals surface area contributed by atoms with E-state index in [4.69, 9.17) is 21.1 Å². The van der Waals surface area contributed by atoms with Crippen LogP contribution in [0.4, 0.5) is 0 Å². The zero-order valence-corrected chi connectivity index (χ0v) is 20.3. The third-order valence-electron chi connectivity index (χ3n) is 5.66. The first-order valence-electron chi connectivity index (χ1n) is 9.51. The average molecular weight is 565 g/mol. The van der Waals surface area contributed by atoms with Gasteiger partial charge in [-0.2, -0.15) is 0 Å². The van der Waals surface area contributed by atoms with Crippen molar-refractivity contribution in [3.63, 3.8) is 0 Å². The van der Waals surface area contributed by atoms with E-state index in [1.54, 1.807) is 30.3 Å². The molecule has 0 amide bonds. The first kappa shape index (κ1) is 20.8. The molecule has 3 heterocycles. The number of nitrogens with zero attached hydrogens (tertiary/aromatic N) is 1. The van der Waals surface area contributed by atoms with Crippen LogP contribution in [-0.2, 0) is 12.9 Å². The molecule has 0 saturated carbocycles.